The van der Waals surface area contributed by atoms with Crippen LogP contribution in [0.25, 0.3) is 11.6 Å². The molecule has 5 nitrogen and oxygen atoms in total. The third kappa shape index (κ3) is 6.06. The smallest absolute Gasteiger partial charge is 0.118 e. The number of aliphatic hydroxyl groups excluding tert-OH is 2. The summed E-state index contributed by atoms with van der Waals surface area (Å²) in [4.78, 5) is 4.45. The maximum atomic E-state index is 10.9. The van der Waals surface area contributed by atoms with Crippen LogP contribution >= 0.6 is 0 Å². The minimum Gasteiger partial charge on any atom is -0.508 e. The van der Waals surface area contributed by atoms with Gasteiger partial charge in [0.15, 0.2) is 0 Å². The van der Waals surface area contributed by atoms with Crippen LogP contribution in [0, 0.1) is 5.92 Å². The first kappa shape index (κ1) is 23.3. The number of aliphatic hydroxyl groups is 2. The zero-order valence-corrected chi connectivity index (χ0v) is 18.1. The summed E-state index contributed by atoms with van der Waals surface area (Å²) in [7, 11) is 1.59. The molecule has 166 valence electrons. The molecule has 0 bridgehead atoms. The summed E-state index contributed by atoms with van der Waals surface area (Å²) in [5.74, 6) is 0.358. The van der Waals surface area contributed by atoms with E-state index in [0.717, 1.165) is 16.8 Å². The van der Waals surface area contributed by atoms with E-state index in [2.05, 4.69) is 11.6 Å². The highest BCUT2D eigenvalue weighted by Crippen LogP contribution is 2.31. The molecule has 0 saturated carbocycles. The van der Waals surface area contributed by atoms with Crippen LogP contribution in [0.3, 0.4) is 0 Å². The van der Waals surface area contributed by atoms with Crippen molar-refractivity contribution in [1.29, 1.82) is 0 Å². The lowest BCUT2D eigenvalue weighted by molar-refractivity contribution is 0.0325. The zero-order chi connectivity index (χ0) is 22.9. The molecule has 0 aliphatic heterocycles. The molecule has 0 fully saturated rings. The molecule has 0 saturated heterocycles. The van der Waals surface area contributed by atoms with Crippen molar-refractivity contribution in [2.75, 3.05) is 7.11 Å². The average molecular weight is 432 g/mol. The summed E-state index contributed by atoms with van der Waals surface area (Å²) >= 11 is 0. The Morgan fingerprint density at radius 2 is 1.84 bits per heavy atom. The second kappa shape index (κ2) is 11.3. The van der Waals surface area contributed by atoms with Gasteiger partial charge in [-0.15, -0.1) is 6.58 Å². The van der Waals surface area contributed by atoms with E-state index in [1.54, 1.807) is 61.8 Å². The van der Waals surface area contributed by atoms with Crippen LogP contribution < -0.4 is 4.74 Å². The van der Waals surface area contributed by atoms with E-state index >= 15 is 0 Å². The van der Waals surface area contributed by atoms with Gasteiger partial charge >= 0.3 is 0 Å². The topological polar surface area (TPSA) is 82.8 Å². The minimum absolute atomic E-state index is 0.188. The van der Waals surface area contributed by atoms with Gasteiger partial charge in [-0.05, 0) is 72.0 Å². The minimum atomic E-state index is -0.887. The van der Waals surface area contributed by atoms with Crippen LogP contribution in [0.1, 0.15) is 35.8 Å². The Morgan fingerprint density at radius 1 is 1.06 bits per heavy atom. The van der Waals surface area contributed by atoms with Crippen molar-refractivity contribution in [1.82, 2.24) is 4.98 Å². The van der Waals surface area contributed by atoms with Crippen LogP contribution in [-0.2, 0) is 0 Å². The van der Waals surface area contributed by atoms with Crippen LogP contribution in [0.15, 0.2) is 85.6 Å². The quantitative estimate of drug-likeness (QED) is 0.393. The summed E-state index contributed by atoms with van der Waals surface area (Å²) in [6.45, 7) is 3.83. The second-order valence-electron chi connectivity index (χ2n) is 7.62. The first-order valence-corrected chi connectivity index (χ1v) is 10.6. The second-order valence-corrected chi connectivity index (χ2v) is 7.62. The first-order valence-electron chi connectivity index (χ1n) is 10.6. The van der Waals surface area contributed by atoms with E-state index in [-0.39, 0.29) is 5.75 Å². The van der Waals surface area contributed by atoms with Crippen LogP contribution in [0.4, 0.5) is 0 Å². The molecule has 0 spiro atoms. The molecule has 0 radical (unpaired) electrons. The monoisotopic (exact) mass is 431 g/mol. The summed E-state index contributed by atoms with van der Waals surface area (Å²) in [5.41, 5.74) is 3.26. The van der Waals surface area contributed by atoms with Crippen LogP contribution in [0.5, 0.6) is 11.5 Å². The highest BCUT2D eigenvalue weighted by atomic mass is 16.5. The summed E-state index contributed by atoms with van der Waals surface area (Å²) in [5, 5.41) is 31.5. The van der Waals surface area contributed by atoms with Gasteiger partial charge in [0.05, 0.1) is 25.0 Å². The van der Waals surface area contributed by atoms with Crippen molar-refractivity contribution >= 4 is 11.6 Å². The number of benzene rings is 2. The molecule has 5 heteroatoms. The maximum absolute atomic E-state index is 10.9. The van der Waals surface area contributed by atoms with Crippen molar-refractivity contribution in [2.45, 2.75) is 25.0 Å². The number of rotatable bonds is 10. The molecule has 32 heavy (non-hydrogen) atoms. The standard InChI is InChI=1S/C27H29NO4/c1-3-24(27(31)20-10-13-23(32-2)14-11-20)26(30)15-12-21(25-9-4-5-16-28-25)17-19-7-6-8-22(29)18-19/h3-11,13-14,16-18,24,26-27,29-31H,1,12,15H2,2H3/b21-17-/t24-,26-,27-/m1/s1. The van der Waals surface area contributed by atoms with Crippen molar-refractivity contribution in [3.05, 3.63) is 102 Å². The van der Waals surface area contributed by atoms with Gasteiger partial charge in [0.1, 0.15) is 11.5 Å². The number of methoxy groups -OCH3 is 1. The van der Waals surface area contributed by atoms with E-state index in [9.17, 15) is 15.3 Å². The van der Waals surface area contributed by atoms with Crippen molar-refractivity contribution in [3.63, 3.8) is 0 Å². The first-order chi connectivity index (χ1) is 15.5. The fourth-order valence-corrected chi connectivity index (χ4v) is 3.66. The number of pyridine rings is 1. The third-order valence-electron chi connectivity index (χ3n) is 5.45. The van der Waals surface area contributed by atoms with E-state index in [1.165, 1.54) is 0 Å². The molecular formula is C27H29NO4. The predicted octanol–water partition coefficient (Wildman–Crippen LogP) is 5.01. The number of allylic oxidation sites excluding steroid dienone is 1. The average Bonchev–Trinajstić information content (AvgIpc) is 2.82. The summed E-state index contributed by atoms with van der Waals surface area (Å²) < 4.78 is 5.17. The number of hydrogen-bond acceptors (Lipinski definition) is 5. The molecule has 1 heterocycles. The highest BCUT2D eigenvalue weighted by molar-refractivity contribution is 5.80. The Balaban J connectivity index is 1.77. The molecule has 0 aliphatic carbocycles. The van der Waals surface area contributed by atoms with Gasteiger partial charge in [-0.3, -0.25) is 4.98 Å². The van der Waals surface area contributed by atoms with Gasteiger partial charge in [-0.25, -0.2) is 0 Å². The lowest BCUT2D eigenvalue weighted by Crippen LogP contribution is -2.25. The maximum Gasteiger partial charge on any atom is 0.118 e. The van der Waals surface area contributed by atoms with E-state index in [0.29, 0.717) is 24.2 Å². The van der Waals surface area contributed by atoms with Crippen LogP contribution in [-0.4, -0.2) is 33.5 Å². The number of phenols is 1. The molecule has 3 atom stereocenters. The van der Waals surface area contributed by atoms with Gasteiger partial charge in [-0.2, -0.15) is 0 Å². The fraction of sp³-hybridized carbons (Fsp3) is 0.222. The molecule has 3 aromatic rings. The molecule has 1 aromatic heterocycles. The van der Waals surface area contributed by atoms with Gasteiger partial charge in [0.2, 0.25) is 0 Å². The molecule has 2 aromatic carbocycles. The fourth-order valence-electron chi connectivity index (χ4n) is 3.66. The molecule has 0 unspecified atom stereocenters. The van der Waals surface area contributed by atoms with E-state index in [4.69, 9.17) is 4.74 Å². The van der Waals surface area contributed by atoms with Gasteiger partial charge in [0, 0.05) is 12.1 Å². The normalized spacial score (nSPS) is 14.4. The van der Waals surface area contributed by atoms with Gasteiger partial charge in [0.25, 0.3) is 0 Å². The lowest BCUT2D eigenvalue weighted by Gasteiger charge is -2.25. The molecule has 0 amide bonds. The summed E-state index contributed by atoms with van der Waals surface area (Å²) in [6.07, 6.45) is 4.53. The number of ether oxygens (including phenoxy) is 1. The lowest BCUT2D eigenvalue weighted by atomic mass is 9.87. The molecular weight excluding hydrogens is 402 g/mol. The van der Waals surface area contributed by atoms with Gasteiger partial charge in [-0.1, -0.05) is 36.4 Å². The van der Waals surface area contributed by atoms with E-state index < -0.39 is 18.1 Å². The number of nitrogens with zero attached hydrogens (tertiary/aromatic N) is 1. The molecule has 0 aliphatic rings. The Labute approximate surface area is 189 Å². The third-order valence-corrected chi connectivity index (χ3v) is 5.45. The zero-order valence-electron chi connectivity index (χ0n) is 18.1. The number of aromatic hydroxyl groups is 1. The van der Waals surface area contributed by atoms with Crippen molar-refractivity contribution < 1.29 is 20.1 Å². The number of hydrogen-bond donors (Lipinski definition) is 3. The molecule has 3 N–H and O–H groups in total. The van der Waals surface area contributed by atoms with Crippen molar-refractivity contribution in [3.8, 4) is 11.5 Å². The Morgan fingerprint density at radius 3 is 2.47 bits per heavy atom. The number of aromatic nitrogens is 1. The predicted molar refractivity (Wildman–Crippen MR) is 127 cm³/mol. The Bertz CT molecular complexity index is 1030. The number of phenolic OH excluding ortho intramolecular Hbond substituents is 1. The summed E-state index contributed by atoms with van der Waals surface area (Å²) in [6, 6.07) is 19.8. The van der Waals surface area contributed by atoms with Gasteiger partial charge < -0.3 is 20.1 Å². The largest absolute Gasteiger partial charge is 0.508 e. The Kier molecular flexibility index (Phi) is 8.20. The highest BCUT2D eigenvalue weighted by Gasteiger charge is 2.26. The van der Waals surface area contributed by atoms with Crippen LogP contribution in [0.2, 0.25) is 0 Å². The SMILES string of the molecule is C=C[C@H]([C@H](O)CC/C(=C/c1cccc(O)c1)c1ccccn1)[C@H](O)c1ccc(OC)cc1. The molecule has 3 rings (SSSR count). The van der Waals surface area contributed by atoms with Crippen molar-refractivity contribution in [2.24, 2.45) is 5.92 Å². The Hall–Kier alpha value is -3.41. The van der Waals surface area contributed by atoms with E-state index in [1.807, 2.05) is 30.3 Å².